The molecule has 0 bridgehead atoms. The first-order valence-electron chi connectivity index (χ1n) is 8.98. The van der Waals surface area contributed by atoms with E-state index in [0.29, 0.717) is 12.3 Å². The third kappa shape index (κ3) is 8.01. The number of hydrogen-bond acceptors (Lipinski definition) is 3. The molecule has 0 saturated heterocycles. The van der Waals surface area contributed by atoms with E-state index >= 15 is 0 Å². The second-order valence-corrected chi connectivity index (χ2v) is 7.33. The largest absolute Gasteiger partial charge is 0.461 e. The zero-order chi connectivity index (χ0) is 19.0. The maximum Gasteiger partial charge on any atom is 0.328 e. The lowest BCUT2D eigenvalue weighted by molar-refractivity contribution is -0.151. The molecule has 0 unspecified atom stereocenters. The Balaban J connectivity index is 2.70. The van der Waals surface area contributed by atoms with Gasteiger partial charge in [0.05, 0.1) is 6.10 Å². The van der Waals surface area contributed by atoms with Gasteiger partial charge in [0.1, 0.15) is 6.04 Å². The molecule has 1 aromatic carbocycles. The van der Waals surface area contributed by atoms with E-state index in [-0.39, 0.29) is 23.9 Å². The van der Waals surface area contributed by atoms with Crippen LogP contribution in [0.25, 0.3) is 6.08 Å². The summed E-state index contributed by atoms with van der Waals surface area (Å²) in [5.41, 5.74) is 2.21. The van der Waals surface area contributed by atoms with E-state index in [1.165, 1.54) is 11.6 Å². The summed E-state index contributed by atoms with van der Waals surface area (Å²) in [4.78, 5) is 24.3. The maximum atomic E-state index is 12.2. The van der Waals surface area contributed by atoms with Crippen LogP contribution >= 0.6 is 0 Å². The maximum absolute atomic E-state index is 12.2. The SMILES string of the molecule is CC(C)C[C@@H](NC(=O)/C=C/c1ccc(C(C)C)cc1)C(=O)OC(C)C. The van der Waals surface area contributed by atoms with Crippen LogP contribution in [0.5, 0.6) is 0 Å². The Morgan fingerprint density at radius 1 is 1.04 bits per heavy atom. The van der Waals surface area contributed by atoms with Crippen molar-refractivity contribution >= 4 is 18.0 Å². The van der Waals surface area contributed by atoms with E-state index < -0.39 is 6.04 Å². The molecule has 0 heterocycles. The number of hydrogen-bond donors (Lipinski definition) is 1. The molecule has 0 aliphatic carbocycles. The van der Waals surface area contributed by atoms with Gasteiger partial charge in [-0.2, -0.15) is 0 Å². The molecule has 1 aromatic rings. The van der Waals surface area contributed by atoms with Gasteiger partial charge in [-0.1, -0.05) is 52.0 Å². The van der Waals surface area contributed by atoms with E-state index in [1.54, 1.807) is 19.9 Å². The van der Waals surface area contributed by atoms with Gasteiger partial charge in [0.25, 0.3) is 0 Å². The Hall–Kier alpha value is -2.10. The van der Waals surface area contributed by atoms with Crippen LogP contribution in [0.2, 0.25) is 0 Å². The van der Waals surface area contributed by atoms with Gasteiger partial charge in [-0.15, -0.1) is 0 Å². The predicted molar refractivity (Wildman–Crippen MR) is 102 cm³/mol. The minimum atomic E-state index is -0.622. The summed E-state index contributed by atoms with van der Waals surface area (Å²) in [6.07, 6.45) is 3.56. The number of amides is 1. The number of benzene rings is 1. The highest BCUT2D eigenvalue weighted by atomic mass is 16.5. The van der Waals surface area contributed by atoms with Crippen molar-refractivity contribution in [3.63, 3.8) is 0 Å². The number of rotatable bonds is 8. The summed E-state index contributed by atoms with van der Waals surface area (Å²) in [6.45, 7) is 11.9. The summed E-state index contributed by atoms with van der Waals surface area (Å²) in [7, 11) is 0. The zero-order valence-electron chi connectivity index (χ0n) is 16.2. The minimum absolute atomic E-state index is 0.200. The summed E-state index contributed by atoms with van der Waals surface area (Å²) in [5.74, 6) is 0.0775. The van der Waals surface area contributed by atoms with Gasteiger partial charge >= 0.3 is 5.97 Å². The summed E-state index contributed by atoms with van der Waals surface area (Å²) < 4.78 is 5.23. The van der Waals surface area contributed by atoms with Crippen LogP contribution in [0.1, 0.15) is 65.0 Å². The van der Waals surface area contributed by atoms with Gasteiger partial charge in [0.2, 0.25) is 5.91 Å². The van der Waals surface area contributed by atoms with Gasteiger partial charge in [0.15, 0.2) is 0 Å². The molecule has 0 saturated carbocycles. The highest BCUT2D eigenvalue weighted by Crippen LogP contribution is 2.15. The average Bonchev–Trinajstić information content (AvgIpc) is 2.51. The molecule has 4 nitrogen and oxygen atoms in total. The Bertz CT molecular complexity index is 586. The van der Waals surface area contributed by atoms with Crippen molar-refractivity contribution in [1.82, 2.24) is 5.32 Å². The second kappa shape index (κ2) is 10.0. The monoisotopic (exact) mass is 345 g/mol. The topological polar surface area (TPSA) is 55.4 Å². The molecule has 1 N–H and O–H groups in total. The van der Waals surface area contributed by atoms with Gasteiger partial charge in [0, 0.05) is 6.08 Å². The van der Waals surface area contributed by atoms with E-state index in [2.05, 4.69) is 31.3 Å². The minimum Gasteiger partial charge on any atom is -0.461 e. The van der Waals surface area contributed by atoms with Crippen LogP contribution in [0.3, 0.4) is 0 Å². The van der Waals surface area contributed by atoms with E-state index in [1.807, 2.05) is 26.0 Å². The molecule has 0 spiro atoms. The Kier molecular flexibility index (Phi) is 8.39. The van der Waals surface area contributed by atoms with Crippen LogP contribution in [-0.4, -0.2) is 24.0 Å². The fourth-order valence-corrected chi connectivity index (χ4v) is 2.38. The number of ether oxygens (including phenoxy) is 1. The van der Waals surface area contributed by atoms with Crippen LogP contribution in [0, 0.1) is 5.92 Å². The fraction of sp³-hybridized carbons (Fsp3) is 0.524. The Morgan fingerprint density at radius 3 is 2.12 bits per heavy atom. The zero-order valence-corrected chi connectivity index (χ0v) is 16.2. The van der Waals surface area contributed by atoms with Crippen molar-refractivity contribution in [2.45, 2.75) is 66.0 Å². The number of carbonyl (C=O) groups excluding carboxylic acids is 2. The first kappa shape index (κ1) is 20.9. The molecule has 1 amide bonds. The fourth-order valence-electron chi connectivity index (χ4n) is 2.38. The normalized spacial score (nSPS) is 12.8. The van der Waals surface area contributed by atoms with Crippen molar-refractivity contribution < 1.29 is 14.3 Å². The highest BCUT2D eigenvalue weighted by Gasteiger charge is 2.23. The van der Waals surface area contributed by atoms with Crippen molar-refractivity contribution in [1.29, 1.82) is 0 Å². The van der Waals surface area contributed by atoms with Crippen molar-refractivity contribution in [2.24, 2.45) is 5.92 Å². The van der Waals surface area contributed by atoms with Crippen LogP contribution in [0.4, 0.5) is 0 Å². The van der Waals surface area contributed by atoms with Crippen molar-refractivity contribution in [3.8, 4) is 0 Å². The van der Waals surface area contributed by atoms with Crippen LogP contribution in [-0.2, 0) is 14.3 Å². The van der Waals surface area contributed by atoms with Gasteiger partial charge in [-0.3, -0.25) is 4.79 Å². The third-order valence-electron chi connectivity index (χ3n) is 3.69. The lowest BCUT2D eigenvalue weighted by atomic mass is 10.0. The lowest BCUT2D eigenvalue weighted by Crippen LogP contribution is -2.42. The van der Waals surface area contributed by atoms with E-state index in [9.17, 15) is 9.59 Å². The molecule has 0 radical (unpaired) electrons. The molecular weight excluding hydrogens is 314 g/mol. The quantitative estimate of drug-likeness (QED) is 0.564. The standard InChI is InChI=1S/C21H31NO3/c1-14(2)13-19(21(24)25-16(5)6)22-20(23)12-9-17-7-10-18(11-8-17)15(3)4/h7-12,14-16,19H,13H2,1-6H3,(H,22,23)/b12-9+/t19-/m1/s1. The number of carbonyl (C=O) groups is 2. The molecule has 25 heavy (non-hydrogen) atoms. The summed E-state index contributed by atoms with van der Waals surface area (Å²) >= 11 is 0. The van der Waals surface area contributed by atoms with Gasteiger partial charge in [-0.05, 0) is 49.3 Å². The van der Waals surface area contributed by atoms with Crippen molar-refractivity contribution in [3.05, 3.63) is 41.5 Å². The third-order valence-corrected chi connectivity index (χ3v) is 3.69. The molecule has 0 aromatic heterocycles. The molecule has 4 heteroatoms. The van der Waals surface area contributed by atoms with Crippen molar-refractivity contribution in [2.75, 3.05) is 0 Å². The molecular formula is C21H31NO3. The van der Waals surface area contributed by atoms with E-state index in [0.717, 1.165) is 5.56 Å². The molecule has 0 aliphatic rings. The molecule has 0 fully saturated rings. The van der Waals surface area contributed by atoms with Gasteiger partial charge in [-0.25, -0.2) is 4.79 Å². The first-order valence-corrected chi connectivity index (χ1v) is 8.98. The molecule has 1 atom stereocenters. The number of esters is 1. The van der Waals surface area contributed by atoms with Crippen LogP contribution in [0.15, 0.2) is 30.3 Å². The lowest BCUT2D eigenvalue weighted by Gasteiger charge is -2.20. The molecule has 1 rings (SSSR count). The molecule has 138 valence electrons. The Labute approximate surface area is 151 Å². The average molecular weight is 345 g/mol. The summed E-state index contributed by atoms with van der Waals surface area (Å²) in [5, 5.41) is 2.75. The first-order chi connectivity index (χ1) is 11.7. The number of nitrogens with one attached hydrogen (secondary N) is 1. The summed E-state index contributed by atoms with van der Waals surface area (Å²) in [6, 6.07) is 7.46. The predicted octanol–water partition coefficient (Wildman–Crippen LogP) is 4.31. The molecule has 0 aliphatic heterocycles. The Morgan fingerprint density at radius 2 is 1.64 bits per heavy atom. The van der Waals surface area contributed by atoms with E-state index in [4.69, 9.17) is 4.74 Å². The second-order valence-electron chi connectivity index (χ2n) is 7.33. The highest BCUT2D eigenvalue weighted by molar-refractivity contribution is 5.94. The smallest absolute Gasteiger partial charge is 0.328 e. The van der Waals surface area contributed by atoms with Gasteiger partial charge < -0.3 is 10.1 Å². The van der Waals surface area contributed by atoms with Crippen LogP contribution < -0.4 is 5.32 Å².